The fraction of sp³-hybridized carbons (Fsp3) is 0.333. The van der Waals surface area contributed by atoms with Gasteiger partial charge in [0.05, 0.1) is 12.2 Å². The van der Waals surface area contributed by atoms with E-state index in [1.165, 1.54) is 14.1 Å². The summed E-state index contributed by atoms with van der Waals surface area (Å²) < 4.78 is 26.9. The van der Waals surface area contributed by atoms with E-state index in [1.807, 2.05) is 13.0 Å². The van der Waals surface area contributed by atoms with Crippen molar-refractivity contribution in [3.05, 3.63) is 29.3 Å². The molecule has 0 atom stereocenters. The summed E-state index contributed by atoms with van der Waals surface area (Å²) in [5, 5.41) is 0. The molecule has 0 aliphatic carbocycles. The first-order valence-electron chi connectivity index (χ1n) is 5.36. The SMILES string of the molecule is Cc1ccc(NS(=O)(=O)N(C)C)cc1C#CCN. The van der Waals surface area contributed by atoms with Gasteiger partial charge in [0, 0.05) is 19.7 Å². The molecule has 1 aromatic rings. The first-order valence-corrected chi connectivity index (χ1v) is 6.80. The quantitative estimate of drug-likeness (QED) is 0.784. The van der Waals surface area contributed by atoms with Crippen LogP contribution < -0.4 is 10.5 Å². The highest BCUT2D eigenvalue weighted by molar-refractivity contribution is 7.90. The van der Waals surface area contributed by atoms with Crippen LogP contribution in [0.15, 0.2) is 18.2 Å². The lowest BCUT2D eigenvalue weighted by molar-refractivity contribution is 0.527. The van der Waals surface area contributed by atoms with Crippen LogP contribution in [0.25, 0.3) is 0 Å². The Morgan fingerprint density at radius 2 is 2.06 bits per heavy atom. The molecule has 0 heterocycles. The maximum Gasteiger partial charge on any atom is 0.301 e. The molecule has 1 aromatic carbocycles. The Kier molecular flexibility index (Phi) is 4.73. The maximum atomic E-state index is 11.7. The predicted molar refractivity (Wildman–Crippen MR) is 73.3 cm³/mol. The molecular formula is C12H17N3O2S. The lowest BCUT2D eigenvalue weighted by Crippen LogP contribution is -2.28. The van der Waals surface area contributed by atoms with E-state index in [0.29, 0.717) is 5.69 Å². The summed E-state index contributed by atoms with van der Waals surface area (Å²) in [6, 6.07) is 5.21. The average molecular weight is 267 g/mol. The first-order chi connectivity index (χ1) is 8.36. The van der Waals surface area contributed by atoms with E-state index in [1.54, 1.807) is 12.1 Å². The zero-order valence-corrected chi connectivity index (χ0v) is 11.5. The Hall–Kier alpha value is -1.55. The fourth-order valence-electron chi connectivity index (χ4n) is 1.21. The molecule has 1 rings (SSSR count). The van der Waals surface area contributed by atoms with Crippen molar-refractivity contribution in [3.63, 3.8) is 0 Å². The van der Waals surface area contributed by atoms with Crippen molar-refractivity contribution < 1.29 is 8.42 Å². The molecule has 5 nitrogen and oxygen atoms in total. The van der Waals surface area contributed by atoms with Crippen molar-refractivity contribution in [2.45, 2.75) is 6.92 Å². The smallest absolute Gasteiger partial charge is 0.301 e. The zero-order valence-electron chi connectivity index (χ0n) is 10.7. The van der Waals surface area contributed by atoms with Crippen LogP contribution in [0.2, 0.25) is 0 Å². The number of hydrogen-bond donors (Lipinski definition) is 2. The Morgan fingerprint density at radius 1 is 1.39 bits per heavy atom. The summed E-state index contributed by atoms with van der Waals surface area (Å²) in [6.07, 6.45) is 0. The van der Waals surface area contributed by atoms with Gasteiger partial charge < -0.3 is 5.73 Å². The van der Waals surface area contributed by atoms with E-state index in [2.05, 4.69) is 16.6 Å². The van der Waals surface area contributed by atoms with Crippen molar-refractivity contribution in [2.75, 3.05) is 25.4 Å². The highest BCUT2D eigenvalue weighted by Crippen LogP contribution is 2.16. The third kappa shape index (κ3) is 3.74. The van der Waals surface area contributed by atoms with E-state index in [4.69, 9.17) is 5.73 Å². The van der Waals surface area contributed by atoms with E-state index >= 15 is 0 Å². The van der Waals surface area contributed by atoms with E-state index in [0.717, 1.165) is 15.4 Å². The summed E-state index contributed by atoms with van der Waals surface area (Å²) in [6.45, 7) is 2.18. The molecule has 0 saturated carbocycles. The van der Waals surface area contributed by atoms with Crippen molar-refractivity contribution in [3.8, 4) is 11.8 Å². The number of nitrogens with zero attached hydrogens (tertiary/aromatic N) is 1. The largest absolute Gasteiger partial charge is 0.320 e. The Morgan fingerprint density at radius 3 is 2.61 bits per heavy atom. The van der Waals surface area contributed by atoms with Gasteiger partial charge >= 0.3 is 10.2 Å². The average Bonchev–Trinajstić information content (AvgIpc) is 2.29. The molecule has 0 amide bonds. The standard InChI is InChI=1S/C12H17N3O2S/c1-10-6-7-12(9-11(10)5-4-8-13)14-18(16,17)15(2)3/h6-7,9,14H,8,13H2,1-3H3. The van der Waals surface area contributed by atoms with Crippen LogP contribution in [0.1, 0.15) is 11.1 Å². The highest BCUT2D eigenvalue weighted by Gasteiger charge is 2.13. The molecule has 0 fully saturated rings. The molecule has 3 N–H and O–H groups in total. The summed E-state index contributed by atoms with van der Waals surface area (Å²) in [4.78, 5) is 0. The van der Waals surface area contributed by atoms with Gasteiger partial charge in [-0.25, -0.2) is 0 Å². The maximum absolute atomic E-state index is 11.7. The van der Waals surface area contributed by atoms with Gasteiger partial charge in [-0.3, -0.25) is 4.72 Å². The predicted octanol–water partition coefficient (Wildman–Crippen LogP) is 0.524. The molecule has 0 saturated heterocycles. The molecule has 98 valence electrons. The Balaban J connectivity index is 3.06. The molecule has 18 heavy (non-hydrogen) atoms. The van der Waals surface area contributed by atoms with Crippen LogP contribution >= 0.6 is 0 Å². The van der Waals surface area contributed by atoms with Gasteiger partial charge in [-0.05, 0) is 24.6 Å². The fourth-order valence-corrected chi connectivity index (χ4v) is 1.81. The van der Waals surface area contributed by atoms with Gasteiger partial charge in [0.1, 0.15) is 0 Å². The highest BCUT2D eigenvalue weighted by atomic mass is 32.2. The van der Waals surface area contributed by atoms with E-state index in [9.17, 15) is 8.42 Å². The van der Waals surface area contributed by atoms with Crippen molar-refractivity contribution in [2.24, 2.45) is 5.73 Å². The lowest BCUT2D eigenvalue weighted by atomic mass is 10.1. The second kappa shape index (κ2) is 5.87. The van der Waals surface area contributed by atoms with Crippen LogP contribution in [-0.4, -0.2) is 33.4 Å². The van der Waals surface area contributed by atoms with Crippen LogP contribution in [0, 0.1) is 18.8 Å². The van der Waals surface area contributed by atoms with Gasteiger partial charge in [-0.1, -0.05) is 17.9 Å². The van der Waals surface area contributed by atoms with Gasteiger partial charge in [0.15, 0.2) is 0 Å². The molecule has 0 unspecified atom stereocenters. The second-order valence-corrected chi connectivity index (χ2v) is 5.81. The number of hydrogen-bond acceptors (Lipinski definition) is 3. The Bertz CT molecular complexity index is 583. The summed E-state index contributed by atoms with van der Waals surface area (Å²) in [5.74, 6) is 5.65. The number of aryl methyl sites for hydroxylation is 1. The van der Waals surface area contributed by atoms with Gasteiger partial charge in [-0.2, -0.15) is 12.7 Å². The minimum atomic E-state index is -3.49. The molecule has 0 aliphatic rings. The number of benzene rings is 1. The molecule has 0 aromatic heterocycles. The first kappa shape index (κ1) is 14.5. The van der Waals surface area contributed by atoms with Crippen molar-refractivity contribution >= 4 is 15.9 Å². The third-order valence-corrected chi connectivity index (χ3v) is 3.75. The normalized spacial score (nSPS) is 10.9. The minimum Gasteiger partial charge on any atom is -0.320 e. The van der Waals surface area contributed by atoms with Gasteiger partial charge in [0.25, 0.3) is 0 Å². The second-order valence-electron chi connectivity index (χ2n) is 3.93. The third-order valence-electron chi connectivity index (χ3n) is 2.29. The Labute approximate surface area is 108 Å². The minimum absolute atomic E-state index is 0.271. The van der Waals surface area contributed by atoms with E-state index < -0.39 is 10.2 Å². The molecule has 0 spiro atoms. The van der Waals surface area contributed by atoms with Crippen LogP contribution in [-0.2, 0) is 10.2 Å². The van der Waals surface area contributed by atoms with Gasteiger partial charge in [0.2, 0.25) is 0 Å². The summed E-state index contributed by atoms with van der Waals surface area (Å²) in [5.41, 5.74) is 7.54. The van der Waals surface area contributed by atoms with Gasteiger partial charge in [-0.15, -0.1) is 0 Å². The molecular weight excluding hydrogens is 250 g/mol. The zero-order chi connectivity index (χ0) is 13.8. The van der Waals surface area contributed by atoms with Crippen LogP contribution in [0.5, 0.6) is 0 Å². The number of rotatable bonds is 3. The van der Waals surface area contributed by atoms with Crippen molar-refractivity contribution in [1.29, 1.82) is 0 Å². The molecule has 0 bridgehead atoms. The number of anilines is 1. The molecule has 0 radical (unpaired) electrons. The lowest BCUT2D eigenvalue weighted by Gasteiger charge is -2.13. The summed E-state index contributed by atoms with van der Waals surface area (Å²) >= 11 is 0. The number of nitrogens with two attached hydrogens (primary N) is 1. The number of nitrogens with one attached hydrogen (secondary N) is 1. The topological polar surface area (TPSA) is 75.4 Å². The van der Waals surface area contributed by atoms with E-state index in [-0.39, 0.29) is 6.54 Å². The summed E-state index contributed by atoms with van der Waals surface area (Å²) in [7, 11) is -0.563. The molecule has 0 aliphatic heterocycles. The molecule has 6 heteroatoms. The van der Waals surface area contributed by atoms with Crippen LogP contribution in [0.4, 0.5) is 5.69 Å². The monoisotopic (exact) mass is 267 g/mol. The van der Waals surface area contributed by atoms with Crippen LogP contribution in [0.3, 0.4) is 0 Å². The van der Waals surface area contributed by atoms with Crippen molar-refractivity contribution in [1.82, 2.24) is 4.31 Å².